The van der Waals surface area contributed by atoms with Crippen molar-refractivity contribution >= 4 is 29.7 Å². The van der Waals surface area contributed by atoms with Crippen LogP contribution in [0.15, 0.2) is 0 Å². The van der Waals surface area contributed by atoms with Crippen molar-refractivity contribution < 1.29 is 33.7 Å². The van der Waals surface area contributed by atoms with E-state index in [-0.39, 0.29) is 25.7 Å². The van der Waals surface area contributed by atoms with Crippen molar-refractivity contribution in [1.82, 2.24) is 0 Å². The molecule has 0 amide bonds. The Morgan fingerprint density at radius 3 is 2.17 bits per heavy atom. The molecule has 0 unspecified atom stereocenters. The summed E-state index contributed by atoms with van der Waals surface area (Å²) in [5, 5.41) is 8.79. The van der Waals surface area contributed by atoms with Crippen molar-refractivity contribution in [3.05, 3.63) is 0 Å². The number of rotatable bonds is 7. The molecule has 0 spiro atoms. The highest BCUT2D eigenvalue weighted by Gasteiger charge is 2.30. The summed E-state index contributed by atoms with van der Waals surface area (Å²) in [6.07, 6.45) is -1.24. The van der Waals surface area contributed by atoms with E-state index in [0.717, 1.165) is 0 Å². The van der Waals surface area contributed by atoms with Gasteiger partial charge in [0.15, 0.2) is 6.07 Å². The molecule has 0 atom stereocenters. The molecule has 0 aromatic heterocycles. The van der Waals surface area contributed by atoms with E-state index in [1.54, 1.807) is 0 Å². The molecule has 0 radical (unpaired) electrons. The van der Waals surface area contributed by atoms with Crippen LogP contribution in [0, 0.1) is 5.41 Å². The van der Waals surface area contributed by atoms with Crippen LogP contribution in [0.25, 0.3) is 0 Å². The summed E-state index contributed by atoms with van der Waals surface area (Å²) in [5.41, 5.74) is -1.20. The first-order chi connectivity index (χ1) is 8.29. The molecule has 0 bridgehead atoms. The number of aliphatic carboxylic acids is 1. The Bertz CT molecular complexity index is 313. The van der Waals surface area contributed by atoms with E-state index in [1.165, 1.54) is 13.8 Å². The number of carbonyl (C=O) groups excluding carboxylic acids is 2. The van der Waals surface area contributed by atoms with Gasteiger partial charge in [-0.3, -0.25) is 9.59 Å². The van der Waals surface area contributed by atoms with Crippen molar-refractivity contribution in [1.29, 1.82) is 0 Å². The first-order valence-corrected chi connectivity index (χ1v) is 5.57. The molecule has 0 aliphatic carbocycles. The summed E-state index contributed by atoms with van der Waals surface area (Å²) in [5.74, 6) is -1.78. The lowest BCUT2D eigenvalue weighted by Crippen LogP contribution is -2.28. The van der Waals surface area contributed by atoms with Gasteiger partial charge >= 0.3 is 18.1 Å². The summed E-state index contributed by atoms with van der Waals surface area (Å²) >= 11 is 5.10. The van der Waals surface area contributed by atoms with Crippen LogP contribution in [0.5, 0.6) is 0 Å². The maximum absolute atomic E-state index is 11.3. The van der Waals surface area contributed by atoms with Crippen molar-refractivity contribution in [2.75, 3.05) is 19.3 Å². The number of halogens is 1. The summed E-state index contributed by atoms with van der Waals surface area (Å²) in [6.45, 7) is 2.46. The lowest BCUT2D eigenvalue weighted by molar-refractivity contribution is -0.156. The largest absolute Gasteiger partial charge is 0.509 e. The molecule has 0 heterocycles. The highest BCUT2D eigenvalue weighted by molar-refractivity contribution is 6.17. The SMILES string of the molecule is CC(C)(CC(=O)OCCOC(=O)OCCl)C(=O)O. The molecule has 0 aromatic carbocycles. The van der Waals surface area contributed by atoms with Gasteiger partial charge in [0.1, 0.15) is 13.2 Å². The number of ether oxygens (including phenoxy) is 3. The van der Waals surface area contributed by atoms with Gasteiger partial charge in [-0.1, -0.05) is 11.6 Å². The first-order valence-electron chi connectivity index (χ1n) is 5.04. The lowest BCUT2D eigenvalue weighted by Gasteiger charge is -2.17. The normalized spacial score (nSPS) is 10.6. The molecule has 0 aromatic rings. The quantitative estimate of drug-likeness (QED) is 0.428. The van der Waals surface area contributed by atoms with Gasteiger partial charge in [-0.15, -0.1) is 0 Å². The van der Waals surface area contributed by atoms with E-state index in [4.69, 9.17) is 16.7 Å². The second-order valence-electron chi connectivity index (χ2n) is 3.94. The lowest BCUT2D eigenvalue weighted by atomic mass is 9.90. The first kappa shape index (κ1) is 16.5. The molecule has 0 rings (SSSR count). The molecule has 8 heteroatoms. The Morgan fingerprint density at radius 2 is 1.67 bits per heavy atom. The molecular formula is C10H15ClO7. The minimum atomic E-state index is -1.20. The number of hydrogen-bond acceptors (Lipinski definition) is 6. The highest BCUT2D eigenvalue weighted by atomic mass is 35.5. The van der Waals surface area contributed by atoms with Crippen molar-refractivity contribution in [3.8, 4) is 0 Å². The second-order valence-corrected chi connectivity index (χ2v) is 4.16. The number of hydrogen-bond donors (Lipinski definition) is 1. The van der Waals surface area contributed by atoms with Gasteiger partial charge in [0.2, 0.25) is 0 Å². The van der Waals surface area contributed by atoms with E-state index >= 15 is 0 Å². The molecule has 7 nitrogen and oxygen atoms in total. The fourth-order valence-electron chi connectivity index (χ4n) is 0.854. The topological polar surface area (TPSA) is 99.1 Å². The average molecular weight is 283 g/mol. The Kier molecular flexibility index (Phi) is 7.11. The van der Waals surface area contributed by atoms with Gasteiger partial charge in [-0.05, 0) is 13.8 Å². The van der Waals surface area contributed by atoms with Crippen LogP contribution in [0.1, 0.15) is 20.3 Å². The van der Waals surface area contributed by atoms with Gasteiger partial charge in [0.25, 0.3) is 0 Å². The van der Waals surface area contributed by atoms with Crippen LogP contribution in [-0.2, 0) is 23.8 Å². The van der Waals surface area contributed by atoms with Gasteiger partial charge in [0.05, 0.1) is 11.8 Å². The molecule has 104 valence electrons. The van der Waals surface area contributed by atoms with Crippen LogP contribution in [0.2, 0.25) is 0 Å². The van der Waals surface area contributed by atoms with Gasteiger partial charge < -0.3 is 19.3 Å². The molecule has 18 heavy (non-hydrogen) atoms. The van der Waals surface area contributed by atoms with Crippen molar-refractivity contribution in [2.45, 2.75) is 20.3 Å². The third-order valence-corrected chi connectivity index (χ3v) is 2.01. The molecule has 0 saturated carbocycles. The Balaban J connectivity index is 3.79. The Morgan fingerprint density at radius 1 is 1.11 bits per heavy atom. The number of carboxylic acid groups (broad SMARTS) is 1. The molecule has 0 saturated heterocycles. The van der Waals surface area contributed by atoms with E-state index in [1.807, 2.05) is 0 Å². The van der Waals surface area contributed by atoms with Crippen LogP contribution < -0.4 is 0 Å². The molecule has 0 aliphatic rings. The Hall–Kier alpha value is -1.50. The molecule has 1 N–H and O–H groups in total. The van der Waals surface area contributed by atoms with Crippen LogP contribution >= 0.6 is 11.6 Å². The van der Waals surface area contributed by atoms with E-state index in [2.05, 4.69) is 14.2 Å². The van der Waals surface area contributed by atoms with E-state index < -0.39 is 23.5 Å². The summed E-state index contributed by atoms with van der Waals surface area (Å²) in [7, 11) is 0. The van der Waals surface area contributed by atoms with Crippen molar-refractivity contribution in [3.63, 3.8) is 0 Å². The fraction of sp³-hybridized carbons (Fsp3) is 0.700. The fourth-order valence-corrected chi connectivity index (χ4v) is 0.943. The zero-order valence-electron chi connectivity index (χ0n) is 10.1. The second kappa shape index (κ2) is 7.75. The number of alkyl halides is 1. The van der Waals surface area contributed by atoms with E-state index in [9.17, 15) is 14.4 Å². The number of esters is 1. The summed E-state index contributed by atoms with van der Waals surface area (Å²) < 4.78 is 13.4. The monoisotopic (exact) mass is 282 g/mol. The third-order valence-electron chi connectivity index (χ3n) is 1.90. The van der Waals surface area contributed by atoms with Crippen molar-refractivity contribution in [2.24, 2.45) is 5.41 Å². The number of carbonyl (C=O) groups is 3. The smallest absolute Gasteiger partial charge is 0.481 e. The predicted molar refractivity (Wildman–Crippen MR) is 60.1 cm³/mol. The molecular weight excluding hydrogens is 268 g/mol. The van der Waals surface area contributed by atoms with Crippen LogP contribution in [0.4, 0.5) is 4.79 Å². The minimum absolute atomic E-state index is 0.175. The predicted octanol–water partition coefficient (Wildman–Crippen LogP) is 1.38. The van der Waals surface area contributed by atoms with Gasteiger partial charge in [-0.25, -0.2) is 4.79 Å². The maximum Gasteiger partial charge on any atom is 0.509 e. The maximum atomic E-state index is 11.3. The highest BCUT2D eigenvalue weighted by Crippen LogP contribution is 2.20. The summed E-state index contributed by atoms with van der Waals surface area (Å²) in [6, 6.07) is -0.328. The number of carboxylic acids is 1. The Labute approximate surface area is 109 Å². The molecule has 0 fully saturated rings. The average Bonchev–Trinajstić information content (AvgIpc) is 2.24. The van der Waals surface area contributed by atoms with Crippen LogP contribution in [-0.4, -0.2) is 42.5 Å². The van der Waals surface area contributed by atoms with E-state index in [0.29, 0.717) is 0 Å². The third kappa shape index (κ3) is 6.95. The standard InChI is InChI=1S/C10H15ClO7/c1-10(2,8(13)14)5-7(12)16-3-4-17-9(15)18-6-11/h3-6H2,1-2H3,(H,13,14). The minimum Gasteiger partial charge on any atom is -0.481 e. The van der Waals surface area contributed by atoms with Crippen LogP contribution in [0.3, 0.4) is 0 Å². The zero-order chi connectivity index (χ0) is 14.2. The van der Waals surface area contributed by atoms with Gasteiger partial charge in [0, 0.05) is 0 Å². The molecule has 0 aliphatic heterocycles. The zero-order valence-corrected chi connectivity index (χ0v) is 10.9. The van der Waals surface area contributed by atoms with Gasteiger partial charge in [-0.2, -0.15) is 0 Å². The summed E-state index contributed by atoms with van der Waals surface area (Å²) in [4.78, 5) is 32.7.